The molecular weight excluding hydrogens is 431 g/mol. The summed E-state index contributed by atoms with van der Waals surface area (Å²) in [5, 5.41) is 9.10. The van der Waals surface area contributed by atoms with Crippen molar-refractivity contribution in [2.45, 2.75) is 49.3 Å². The van der Waals surface area contributed by atoms with Crippen LogP contribution in [-0.2, 0) is 9.47 Å². The number of piperidine rings is 1. The van der Waals surface area contributed by atoms with Gasteiger partial charge in [-0.1, -0.05) is 11.3 Å². The van der Waals surface area contributed by atoms with Crippen LogP contribution in [0.15, 0.2) is 23.7 Å². The SMILES string of the molecule is Fc1ccc(OC2CCOC2)c(C2CCN(C3COC4(C3)CN(c3nncs3)C4)CC2)c1. The number of hydrogen-bond acceptors (Lipinski definition) is 8. The molecule has 2 atom stereocenters. The van der Waals surface area contributed by atoms with E-state index >= 15 is 0 Å². The van der Waals surface area contributed by atoms with E-state index in [1.807, 2.05) is 0 Å². The number of halogens is 1. The number of hydrogen-bond donors (Lipinski definition) is 0. The van der Waals surface area contributed by atoms with Crippen molar-refractivity contribution in [3.63, 3.8) is 0 Å². The highest BCUT2D eigenvalue weighted by Crippen LogP contribution is 2.42. The summed E-state index contributed by atoms with van der Waals surface area (Å²) in [4.78, 5) is 4.83. The number of benzene rings is 1. The molecule has 2 unspecified atom stereocenters. The van der Waals surface area contributed by atoms with Gasteiger partial charge in [-0.25, -0.2) is 4.39 Å². The van der Waals surface area contributed by atoms with Gasteiger partial charge in [0.05, 0.1) is 32.9 Å². The second-order valence-electron chi connectivity index (χ2n) is 9.53. The van der Waals surface area contributed by atoms with E-state index in [9.17, 15) is 4.39 Å². The first-order chi connectivity index (χ1) is 15.7. The lowest BCUT2D eigenvalue weighted by atomic mass is 9.86. The average molecular weight is 461 g/mol. The number of ether oxygens (including phenoxy) is 3. The molecule has 32 heavy (non-hydrogen) atoms. The van der Waals surface area contributed by atoms with E-state index < -0.39 is 0 Å². The minimum Gasteiger partial charge on any atom is -0.488 e. The molecule has 172 valence electrons. The standard InChI is InChI=1S/C23H29FN4O3S/c24-17-1-2-21(31-19-5-8-29-12-19)20(9-17)16-3-6-27(7-4-16)18-10-23(30-11-18)13-28(14-23)22-26-25-15-32-22/h1-2,9,15-16,18-19H,3-8,10-14H2. The Morgan fingerprint density at radius 3 is 2.78 bits per heavy atom. The van der Waals surface area contributed by atoms with E-state index in [0.717, 1.165) is 81.5 Å². The van der Waals surface area contributed by atoms with Crippen LogP contribution in [0.4, 0.5) is 9.52 Å². The molecule has 4 aliphatic rings. The fourth-order valence-corrected chi connectivity index (χ4v) is 6.23. The number of anilines is 1. The quantitative estimate of drug-likeness (QED) is 0.680. The number of nitrogens with zero attached hydrogens (tertiary/aromatic N) is 4. The first-order valence-electron chi connectivity index (χ1n) is 11.6. The van der Waals surface area contributed by atoms with Crippen LogP contribution in [0.5, 0.6) is 5.75 Å². The Balaban J connectivity index is 1.05. The summed E-state index contributed by atoms with van der Waals surface area (Å²) in [5.74, 6) is 0.968. The lowest BCUT2D eigenvalue weighted by Gasteiger charge is -2.47. The summed E-state index contributed by atoms with van der Waals surface area (Å²) in [7, 11) is 0. The lowest BCUT2D eigenvalue weighted by Crippen LogP contribution is -2.62. The third kappa shape index (κ3) is 4.00. The Labute approximate surface area is 191 Å². The van der Waals surface area contributed by atoms with Gasteiger partial charge in [-0.3, -0.25) is 4.90 Å². The average Bonchev–Trinajstić information content (AvgIpc) is 3.55. The highest BCUT2D eigenvalue weighted by atomic mass is 32.1. The molecule has 1 aromatic heterocycles. The molecule has 0 saturated carbocycles. The van der Waals surface area contributed by atoms with E-state index in [2.05, 4.69) is 20.0 Å². The third-order valence-corrected chi connectivity index (χ3v) is 8.16. The van der Waals surface area contributed by atoms with Gasteiger partial charge in [-0.05, 0) is 56.5 Å². The first kappa shape index (κ1) is 20.8. The molecule has 7 nitrogen and oxygen atoms in total. The molecule has 1 spiro atoms. The lowest BCUT2D eigenvalue weighted by molar-refractivity contribution is -0.0195. The first-order valence-corrected chi connectivity index (χ1v) is 12.5. The Bertz CT molecular complexity index is 925. The summed E-state index contributed by atoms with van der Waals surface area (Å²) in [6.07, 6.45) is 4.08. The van der Waals surface area contributed by atoms with Gasteiger partial charge in [0.1, 0.15) is 28.8 Å². The van der Waals surface area contributed by atoms with Crippen molar-refractivity contribution in [3.05, 3.63) is 35.1 Å². The molecular formula is C23H29FN4O3S. The van der Waals surface area contributed by atoms with Gasteiger partial charge in [0.2, 0.25) is 5.13 Å². The molecule has 0 N–H and O–H groups in total. The molecule has 0 aliphatic carbocycles. The second kappa shape index (κ2) is 8.52. The van der Waals surface area contributed by atoms with Crippen molar-refractivity contribution < 1.29 is 18.6 Å². The zero-order chi connectivity index (χ0) is 21.5. The molecule has 4 saturated heterocycles. The van der Waals surface area contributed by atoms with Crippen molar-refractivity contribution in [1.29, 1.82) is 0 Å². The maximum atomic E-state index is 14.1. The highest BCUT2D eigenvalue weighted by molar-refractivity contribution is 7.13. The molecule has 4 aliphatic heterocycles. The van der Waals surface area contributed by atoms with Gasteiger partial charge < -0.3 is 19.1 Å². The van der Waals surface area contributed by atoms with Gasteiger partial charge in [0.25, 0.3) is 0 Å². The van der Waals surface area contributed by atoms with E-state index in [1.54, 1.807) is 29.0 Å². The normalized spacial score (nSPS) is 28.3. The summed E-state index contributed by atoms with van der Waals surface area (Å²) >= 11 is 1.58. The fourth-order valence-electron chi connectivity index (χ4n) is 5.67. The van der Waals surface area contributed by atoms with Gasteiger partial charge in [0, 0.05) is 18.0 Å². The van der Waals surface area contributed by atoms with Crippen LogP contribution in [0.2, 0.25) is 0 Å². The monoisotopic (exact) mass is 460 g/mol. The van der Waals surface area contributed by atoms with E-state index in [0.29, 0.717) is 18.6 Å². The Hall–Kier alpha value is -1.81. The van der Waals surface area contributed by atoms with Crippen LogP contribution in [-0.4, -0.2) is 78.8 Å². The minimum absolute atomic E-state index is 0.0277. The highest BCUT2D eigenvalue weighted by Gasteiger charge is 2.51. The molecule has 9 heteroatoms. The van der Waals surface area contributed by atoms with Gasteiger partial charge in [-0.15, -0.1) is 10.2 Å². The number of likely N-dealkylation sites (tertiary alicyclic amines) is 1. The van der Waals surface area contributed by atoms with E-state index in [4.69, 9.17) is 14.2 Å². The van der Waals surface area contributed by atoms with Crippen molar-refractivity contribution in [1.82, 2.24) is 15.1 Å². The molecule has 0 bridgehead atoms. The summed E-state index contributed by atoms with van der Waals surface area (Å²) in [6, 6.07) is 5.44. The van der Waals surface area contributed by atoms with Crippen molar-refractivity contribution in [2.75, 3.05) is 50.9 Å². The van der Waals surface area contributed by atoms with Crippen LogP contribution in [0.3, 0.4) is 0 Å². The van der Waals surface area contributed by atoms with Crippen LogP contribution in [0, 0.1) is 5.82 Å². The second-order valence-corrected chi connectivity index (χ2v) is 10.3. The zero-order valence-corrected chi connectivity index (χ0v) is 18.9. The topological polar surface area (TPSA) is 60.0 Å². The van der Waals surface area contributed by atoms with Crippen LogP contribution in [0.25, 0.3) is 0 Å². The molecule has 1 aromatic carbocycles. The van der Waals surface area contributed by atoms with E-state index in [-0.39, 0.29) is 17.5 Å². The van der Waals surface area contributed by atoms with Gasteiger partial charge in [-0.2, -0.15) is 0 Å². The maximum absolute atomic E-state index is 14.1. The Morgan fingerprint density at radius 1 is 1.16 bits per heavy atom. The number of rotatable bonds is 5. The maximum Gasteiger partial charge on any atom is 0.208 e. The van der Waals surface area contributed by atoms with Crippen LogP contribution < -0.4 is 9.64 Å². The fraction of sp³-hybridized carbons (Fsp3) is 0.652. The zero-order valence-electron chi connectivity index (χ0n) is 18.1. The van der Waals surface area contributed by atoms with Gasteiger partial charge >= 0.3 is 0 Å². The molecule has 4 fully saturated rings. The molecule has 5 heterocycles. The van der Waals surface area contributed by atoms with Crippen LogP contribution in [0.1, 0.15) is 37.2 Å². The van der Waals surface area contributed by atoms with Crippen molar-refractivity contribution >= 4 is 16.5 Å². The Morgan fingerprint density at radius 2 is 2.03 bits per heavy atom. The molecule has 2 aromatic rings. The third-order valence-electron chi connectivity index (χ3n) is 7.41. The summed E-state index contributed by atoms with van der Waals surface area (Å²) in [5.41, 5.74) is 2.77. The minimum atomic E-state index is -0.187. The smallest absolute Gasteiger partial charge is 0.208 e. The predicted octanol–water partition coefficient (Wildman–Crippen LogP) is 3.07. The molecule has 0 radical (unpaired) electrons. The predicted molar refractivity (Wildman–Crippen MR) is 119 cm³/mol. The largest absolute Gasteiger partial charge is 0.488 e. The molecule has 0 amide bonds. The van der Waals surface area contributed by atoms with Crippen LogP contribution >= 0.6 is 11.3 Å². The number of aromatic nitrogens is 2. The summed E-state index contributed by atoms with van der Waals surface area (Å²) < 4.78 is 32.0. The van der Waals surface area contributed by atoms with Gasteiger partial charge in [0.15, 0.2) is 0 Å². The van der Waals surface area contributed by atoms with Crippen molar-refractivity contribution in [2.24, 2.45) is 0 Å². The summed E-state index contributed by atoms with van der Waals surface area (Å²) in [6.45, 7) is 5.99. The Kier molecular flexibility index (Phi) is 5.53. The molecule has 6 rings (SSSR count). The van der Waals surface area contributed by atoms with E-state index in [1.165, 1.54) is 6.07 Å². The van der Waals surface area contributed by atoms with Crippen molar-refractivity contribution in [3.8, 4) is 5.75 Å².